The van der Waals surface area contributed by atoms with Crippen molar-refractivity contribution in [2.75, 3.05) is 44.2 Å². The van der Waals surface area contributed by atoms with Gasteiger partial charge in [0.1, 0.15) is 5.69 Å². The van der Waals surface area contributed by atoms with Crippen LogP contribution in [0.3, 0.4) is 0 Å². The lowest BCUT2D eigenvalue weighted by atomic mass is 9.94. The van der Waals surface area contributed by atoms with Crippen molar-refractivity contribution in [2.24, 2.45) is 5.92 Å². The van der Waals surface area contributed by atoms with Gasteiger partial charge in [-0.25, -0.2) is 0 Å². The number of amides is 2. The van der Waals surface area contributed by atoms with Crippen molar-refractivity contribution in [1.82, 2.24) is 25.0 Å². The predicted octanol–water partition coefficient (Wildman–Crippen LogP) is 2.88. The fourth-order valence-corrected chi connectivity index (χ4v) is 4.95. The number of rotatable bonds is 5. The molecule has 3 aromatic rings. The van der Waals surface area contributed by atoms with Crippen LogP contribution in [0.4, 0.5) is 5.69 Å². The van der Waals surface area contributed by atoms with Crippen LogP contribution < -0.4 is 4.90 Å². The van der Waals surface area contributed by atoms with Crippen molar-refractivity contribution >= 4 is 23.3 Å². The number of H-pyrrole nitrogens is 1. The minimum Gasteiger partial charge on any atom is -0.368 e. The van der Waals surface area contributed by atoms with Gasteiger partial charge in [0.2, 0.25) is 5.91 Å². The van der Waals surface area contributed by atoms with Crippen LogP contribution in [-0.2, 0) is 4.79 Å². The molecule has 5 rings (SSSR count). The first-order valence-electron chi connectivity index (χ1n) is 12.4. The Morgan fingerprint density at radius 3 is 2.17 bits per heavy atom. The average Bonchev–Trinajstić information content (AvgIpc) is 3.43. The molecule has 1 aromatic carbocycles. The maximum Gasteiger partial charge on any atom is 0.271 e. The Kier molecular flexibility index (Phi) is 6.79. The number of hydrogen-bond donors (Lipinski definition) is 1. The fourth-order valence-electron chi connectivity index (χ4n) is 4.95. The lowest BCUT2D eigenvalue weighted by Crippen LogP contribution is -2.52. The zero-order chi connectivity index (χ0) is 25.1. The molecule has 0 aliphatic carbocycles. The van der Waals surface area contributed by atoms with Crippen molar-refractivity contribution in [3.63, 3.8) is 0 Å². The Labute approximate surface area is 210 Å². The molecule has 2 fully saturated rings. The molecule has 2 aliphatic rings. The maximum atomic E-state index is 13.2. The third-order valence-corrected chi connectivity index (χ3v) is 7.15. The minimum atomic E-state index is -0.0851. The van der Waals surface area contributed by atoms with Crippen LogP contribution in [-0.4, -0.2) is 81.8 Å². The largest absolute Gasteiger partial charge is 0.368 e. The molecule has 186 valence electrons. The topological polar surface area (TPSA) is 102 Å². The SMILES string of the molecule is CC(=O)c1ccc(N2CCN(C(=O)C3CCN(C(=O)c4cc(-c5ccncc5)n[nH]4)CC3)CC2)cc1. The monoisotopic (exact) mass is 486 g/mol. The van der Waals surface area contributed by atoms with Gasteiger partial charge in [-0.05, 0) is 62.2 Å². The fraction of sp³-hybridized carbons (Fsp3) is 0.370. The van der Waals surface area contributed by atoms with Crippen molar-refractivity contribution in [3.05, 3.63) is 66.1 Å². The quantitative estimate of drug-likeness (QED) is 0.557. The highest BCUT2D eigenvalue weighted by molar-refractivity contribution is 5.94. The number of aromatic nitrogens is 3. The number of nitrogens with one attached hydrogen (secondary N) is 1. The summed E-state index contributed by atoms with van der Waals surface area (Å²) < 4.78 is 0. The highest BCUT2D eigenvalue weighted by Crippen LogP contribution is 2.24. The second-order valence-corrected chi connectivity index (χ2v) is 9.38. The summed E-state index contributed by atoms with van der Waals surface area (Å²) >= 11 is 0. The van der Waals surface area contributed by atoms with E-state index in [-0.39, 0.29) is 23.5 Å². The van der Waals surface area contributed by atoms with Crippen molar-refractivity contribution in [2.45, 2.75) is 19.8 Å². The third-order valence-electron chi connectivity index (χ3n) is 7.15. The highest BCUT2D eigenvalue weighted by atomic mass is 16.2. The smallest absolute Gasteiger partial charge is 0.271 e. The zero-order valence-electron chi connectivity index (χ0n) is 20.4. The summed E-state index contributed by atoms with van der Waals surface area (Å²) in [5.41, 5.74) is 3.85. The Hall–Kier alpha value is -4.01. The van der Waals surface area contributed by atoms with Gasteiger partial charge in [-0.1, -0.05) is 0 Å². The van der Waals surface area contributed by atoms with Crippen LogP contribution in [0.5, 0.6) is 0 Å². The Balaban J connectivity index is 1.11. The number of carbonyl (C=O) groups excluding carboxylic acids is 3. The molecule has 2 aliphatic heterocycles. The van der Waals surface area contributed by atoms with Crippen molar-refractivity contribution < 1.29 is 14.4 Å². The number of carbonyl (C=O) groups is 3. The minimum absolute atomic E-state index is 0.0513. The van der Waals surface area contributed by atoms with E-state index in [1.807, 2.05) is 41.3 Å². The number of aromatic amines is 1. The summed E-state index contributed by atoms with van der Waals surface area (Å²) in [6, 6.07) is 13.1. The number of piperazine rings is 1. The first kappa shape index (κ1) is 23.7. The van der Waals surface area contributed by atoms with Gasteiger partial charge in [0.25, 0.3) is 5.91 Å². The van der Waals surface area contributed by atoms with E-state index in [0.717, 1.165) is 24.3 Å². The molecular formula is C27H30N6O3. The number of ketones is 1. The van der Waals surface area contributed by atoms with E-state index in [0.29, 0.717) is 56.0 Å². The molecule has 9 nitrogen and oxygen atoms in total. The number of piperidine rings is 1. The van der Waals surface area contributed by atoms with Crippen LogP contribution in [0, 0.1) is 5.92 Å². The lowest BCUT2D eigenvalue weighted by molar-refractivity contribution is -0.137. The molecule has 2 saturated heterocycles. The van der Waals surface area contributed by atoms with E-state index >= 15 is 0 Å². The maximum absolute atomic E-state index is 13.2. The van der Waals surface area contributed by atoms with Crippen molar-refractivity contribution in [1.29, 1.82) is 0 Å². The molecule has 0 radical (unpaired) electrons. The zero-order valence-corrected chi connectivity index (χ0v) is 20.4. The van der Waals surface area contributed by atoms with Gasteiger partial charge in [0.15, 0.2) is 5.78 Å². The summed E-state index contributed by atoms with van der Waals surface area (Å²) in [5, 5.41) is 7.12. The van der Waals surface area contributed by atoms with Gasteiger partial charge in [0.05, 0.1) is 5.69 Å². The number of benzene rings is 1. The average molecular weight is 487 g/mol. The molecule has 0 atom stereocenters. The van der Waals surface area contributed by atoms with E-state index < -0.39 is 0 Å². The summed E-state index contributed by atoms with van der Waals surface area (Å²) in [6.45, 7) is 5.57. The molecule has 1 N–H and O–H groups in total. The molecule has 0 spiro atoms. The van der Waals surface area contributed by atoms with Crippen molar-refractivity contribution in [3.8, 4) is 11.3 Å². The first-order valence-corrected chi connectivity index (χ1v) is 12.4. The summed E-state index contributed by atoms with van der Waals surface area (Å²) in [4.78, 5) is 47.7. The number of nitrogens with zero attached hydrogens (tertiary/aromatic N) is 5. The van der Waals surface area contributed by atoms with E-state index in [9.17, 15) is 14.4 Å². The lowest BCUT2D eigenvalue weighted by Gasteiger charge is -2.39. The molecule has 2 aromatic heterocycles. The predicted molar refractivity (Wildman–Crippen MR) is 136 cm³/mol. The van der Waals surface area contributed by atoms with Gasteiger partial charge in [-0.2, -0.15) is 5.10 Å². The number of anilines is 1. The molecule has 36 heavy (non-hydrogen) atoms. The number of pyridine rings is 1. The molecule has 2 amide bonds. The van der Waals surface area contributed by atoms with E-state index in [4.69, 9.17) is 0 Å². The Morgan fingerprint density at radius 1 is 0.861 bits per heavy atom. The van der Waals surface area contributed by atoms with E-state index in [1.165, 1.54) is 0 Å². The molecule has 0 bridgehead atoms. The third kappa shape index (κ3) is 5.00. The van der Waals surface area contributed by atoms with Gasteiger partial charge in [-0.15, -0.1) is 0 Å². The van der Waals surface area contributed by atoms with Crippen LogP contribution in [0.25, 0.3) is 11.3 Å². The standard InChI is InChI=1S/C27H30N6O3/c1-19(34)20-2-4-23(5-3-20)31-14-16-33(17-15-31)26(35)22-8-12-32(13-9-22)27(36)25-18-24(29-30-25)21-6-10-28-11-7-21/h2-7,10-11,18,22H,8-9,12-17H2,1H3,(H,29,30). The molecule has 0 saturated carbocycles. The molecule has 0 unspecified atom stereocenters. The second-order valence-electron chi connectivity index (χ2n) is 9.38. The van der Waals surface area contributed by atoms with E-state index in [1.54, 1.807) is 30.3 Å². The molecule has 9 heteroatoms. The highest BCUT2D eigenvalue weighted by Gasteiger charge is 2.32. The number of hydrogen-bond acceptors (Lipinski definition) is 6. The van der Waals surface area contributed by atoms with Crippen LogP contribution >= 0.6 is 0 Å². The summed E-state index contributed by atoms with van der Waals surface area (Å²) in [6.07, 6.45) is 4.73. The molecular weight excluding hydrogens is 456 g/mol. The summed E-state index contributed by atoms with van der Waals surface area (Å²) in [7, 11) is 0. The summed E-state index contributed by atoms with van der Waals surface area (Å²) in [5.74, 6) is 0.113. The Bertz CT molecular complexity index is 1220. The van der Waals surface area contributed by atoms with Crippen LogP contribution in [0.15, 0.2) is 54.9 Å². The second kappa shape index (κ2) is 10.3. The van der Waals surface area contributed by atoms with E-state index in [2.05, 4.69) is 20.1 Å². The van der Waals surface area contributed by atoms with Crippen LogP contribution in [0.1, 0.15) is 40.6 Å². The normalized spacial score (nSPS) is 16.8. The van der Waals surface area contributed by atoms with Gasteiger partial charge >= 0.3 is 0 Å². The van der Waals surface area contributed by atoms with Gasteiger partial charge in [-0.3, -0.25) is 24.5 Å². The Morgan fingerprint density at radius 2 is 1.53 bits per heavy atom. The number of Topliss-reactive ketones (excluding diaryl/α,β-unsaturated/α-hetero) is 1. The molecule has 4 heterocycles. The first-order chi connectivity index (χ1) is 17.5. The van der Waals surface area contributed by atoms with Crippen LogP contribution in [0.2, 0.25) is 0 Å². The van der Waals surface area contributed by atoms with Gasteiger partial charge in [0, 0.05) is 74.4 Å². The van der Waals surface area contributed by atoms with Gasteiger partial charge < -0.3 is 14.7 Å². The number of likely N-dealkylation sites (tertiary alicyclic amines) is 1.